The normalized spacial score (nSPS) is 36.9. The van der Waals surface area contributed by atoms with E-state index in [0.29, 0.717) is 0 Å². The second-order valence-electron chi connectivity index (χ2n) is 3.11. The minimum Gasteiger partial charge on any atom is -0.458 e. The van der Waals surface area contributed by atoms with Gasteiger partial charge in [0.05, 0.1) is 12.5 Å². The third-order valence-corrected chi connectivity index (χ3v) is 2.15. The second-order valence-corrected chi connectivity index (χ2v) is 3.11. The van der Waals surface area contributed by atoms with Gasteiger partial charge in [-0.25, -0.2) is 0 Å². The lowest BCUT2D eigenvalue weighted by molar-refractivity contribution is -0.162. The van der Waals surface area contributed by atoms with Gasteiger partial charge < -0.3 is 9.84 Å². The van der Waals surface area contributed by atoms with Gasteiger partial charge in [-0.1, -0.05) is 13.0 Å². The zero-order chi connectivity index (χ0) is 9.14. The number of allylic oxidation sites excluding steroid dienone is 1. The summed E-state index contributed by atoms with van der Waals surface area (Å²) in [5, 5.41) is 9.41. The standard InChI is InChI=1S/C9H14O3/c1-3-4-8-6(2)7(10)5-9(11)12-8/h3-4,6-8,10H,5H2,1-2H3/b4-3-. The summed E-state index contributed by atoms with van der Waals surface area (Å²) < 4.78 is 5.02. The van der Waals surface area contributed by atoms with Crippen LogP contribution in [0.1, 0.15) is 20.3 Å². The Labute approximate surface area is 72.0 Å². The maximum absolute atomic E-state index is 10.9. The first kappa shape index (κ1) is 9.26. The lowest BCUT2D eigenvalue weighted by Gasteiger charge is -2.30. The monoisotopic (exact) mass is 170 g/mol. The molecule has 0 aliphatic carbocycles. The number of aliphatic hydroxyl groups excluding tert-OH is 1. The molecule has 68 valence electrons. The summed E-state index contributed by atoms with van der Waals surface area (Å²) in [5.74, 6) is -0.317. The van der Waals surface area contributed by atoms with Crippen LogP contribution in [0.15, 0.2) is 12.2 Å². The van der Waals surface area contributed by atoms with Crippen LogP contribution in [0.5, 0.6) is 0 Å². The predicted molar refractivity (Wildman–Crippen MR) is 44.5 cm³/mol. The SMILES string of the molecule is C/C=C\C1OC(=O)CC(O)C1C. The Kier molecular flexibility index (Phi) is 2.87. The number of ether oxygens (including phenoxy) is 1. The molecule has 3 heteroatoms. The van der Waals surface area contributed by atoms with E-state index in [1.54, 1.807) is 6.08 Å². The van der Waals surface area contributed by atoms with Crippen molar-refractivity contribution in [2.45, 2.75) is 32.5 Å². The predicted octanol–water partition coefficient (Wildman–Crippen LogP) is 0.875. The Morgan fingerprint density at radius 2 is 2.33 bits per heavy atom. The Morgan fingerprint density at radius 3 is 2.92 bits per heavy atom. The van der Waals surface area contributed by atoms with E-state index in [1.165, 1.54) is 0 Å². The van der Waals surface area contributed by atoms with Gasteiger partial charge >= 0.3 is 5.97 Å². The van der Waals surface area contributed by atoms with E-state index in [0.717, 1.165) is 0 Å². The molecule has 1 heterocycles. The number of hydrogen-bond acceptors (Lipinski definition) is 3. The molecule has 1 aliphatic heterocycles. The van der Waals surface area contributed by atoms with Crippen molar-refractivity contribution in [1.82, 2.24) is 0 Å². The fourth-order valence-electron chi connectivity index (χ4n) is 1.29. The molecule has 1 rings (SSSR count). The quantitative estimate of drug-likeness (QED) is 0.469. The van der Waals surface area contributed by atoms with E-state index in [2.05, 4.69) is 0 Å². The van der Waals surface area contributed by atoms with Gasteiger partial charge in [0.1, 0.15) is 6.10 Å². The van der Waals surface area contributed by atoms with E-state index < -0.39 is 6.10 Å². The first-order chi connectivity index (χ1) is 5.65. The highest BCUT2D eigenvalue weighted by Gasteiger charge is 2.32. The van der Waals surface area contributed by atoms with Crippen molar-refractivity contribution in [3.05, 3.63) is 12.2 Å². The van der Waals surface area contributed by atoms with Crippen LogP contribution in [-0.2, 0) is 9.53 Å². The molecular weight excluding hydrogens is 156 g/mol. The number of aliphatic hydroxyl groups is 1. The molecule has 0 aromatic rings. The lowest BCUT2D eigenvalue weighted by Crippen LogP contribution is -2.39. The Hall–Kier alpha value is -0.830. The van der Waals surface area contributed by atoms with Crippen molar-refractivity contribution in [2.24, 2.45) is 5.92 Å². The highest BCUT2D eigenvalue weighted by molar-refractivity contribution is 5.71. The van der Waals surface area contributed by atoms with Crippen molar-refractivity contribution < 1.29 is 14.6 Å². The molecule has 1 saturated heterocycles. The fourth-order valence-corrected chi connectivity index (χ4v) is 1.29. The Balaban J connectivity index is 2.65. The van der Waals surface area contributed by atoms with Gasteiger partial charge in [0, 0.05) is 5.92 Å². The maximum atomic E-state index is 10.9. The van der Waals surface area contributed by atoms with Gasteiger partial charge in [0.15, 0.2) is 0 Å². The Bertz CT molecular complexity index is 198. The van der Waals surface area contributed by atoms with Gasteiger partial charge in [-0.2, -0.15) is 0 Å². The minimum atomic E-state index is -0.563. The lowest BCUT2D eigenvalue weighted by atomic mass is 9.93. The topological polar surface area (TPSA) is 46.5 Å². The van der Waals surface area contributed by atoms with Crippen LogP contribution in [0.4, 0.5) is 0 Å². The highest BCUT2D eigenvalue weighted by Crippen LogP contribution is 2.22. The molecule has 0 aromatic carbocycles. The molecule has 0 amide bonds. The van der Waals surface area contributed by atoms with Crippen molar-refractivity contribution in [3.63, 3.8) is 0 Å². The summed E-state index contributed by atoms with van der Waals surface area (Å²) in [6, 6.07) is 0. The molecule has 3 nitrogen and oxygen atoms in total. The molecule has 0 bridgehead atoms. The molecule has 0 aromatic heterocycles. The second kappa shape index (κ2) is 3.72. The van der Waals surface area contributed by atoms with E-state index in [-0.39, 0.29) is 24.4 Å². The van der Waals surface area contributed by atoms with E-state index >= 15 is 0 Å². The summed E-state index contributed by atoms with van der Waals surface area (Å²) in [6.45, 7) is 3.74. The molecule has 0 spiro atoms. The molecule has 3 atom stereocenters. The summed E-state index contributed by atoms with van der Waals surface area (Å²) >= 11 is 0. The first-order valence-electron chi connectivity index (χ1n) is 4.15. The van der Waals surface area contributed by atoms with Crippen molar-refractivity contribution in [3.8, 4) is 0 Å². The summed E-state index contributed by atoms with van der Waals surface area (Å²) in [7, 11) is 0. The highest BCUT2D eigenvalue weighted by atomic mass is 16.5. The van der Waals surface area contributed by atoms with Crippen LogP contribution < -0.4 is 0 Å². The third-order valence-electron chi connectivity index (χ3n) is 2.15. The maximum Gasteiger partial charge on any atom is 0.309 e. The Morgan fingerprint density at radius 1 is 1.67 bits per heavy atom. The van der Waals surface area contributed by atoms with Crippen LogP contribution >= 0.6 is 0 Å². The van der Waals surface area contributed by atoms with Crippen LogP contribution in [0.25, 0.3) is 0 Å². The number of rotatable bonds is 1. The zero-order valence-electron chi connectivity index (χ0n) is 7.36. The van der Waals surface area contributed by atoms with Gasteiger partial charge in [0.25, 0.3) is 0 Å². The van der Waals surface area contributed by atoms with Crippen LogP contribution in [0, 0.1) is 5.92 Å². The zero-order valence-corrected chi connectivity index (χ0v) is 7.36. The number of hydrogen-bond donors (Lipinski definition) is 1. The van der Waals surface area contributed by atoms with E-state index in [1.807, 2.05) is 19.9 Å². The number of carbonyl (C=O) groups excluding carboxylic acids is 1. The molecule has 1 aliphatic rings. The van der Waals surface area contributed by atoms with Gasteiger partial charge in [0.2, 0.25) is 0 Å². The summed E-state index contributed by atoms with van der Waals surface area (Å²) in [4.78, 5) is 10.9. The summed E-state index contributed by atoms with van der Waals surface area (Å²) in [5.41, 5.74) is 0. The molecule has 3 unspecified atom stereocenters. The third kappa shape index (κ3) is 1.85. The van der Waals surface area contributed by atoms with Crippen LogP contribution in [0.3, 0.4) is 0 Å². The van der Waals surface area contributed by atoms with Gasteiger partial charge in [-0.15, -0.1) is 0 Å². The molecule has 12 heavy (non-hydrogen) atoms. The molecular formula is C9H14O3. The van der Waals surface area contributed by atoms with Gasteiger partial charge in [-0.05, 0) is 13.0 Å². The number of esters is 1. The average molecular weight is 170 g/mol. The molecule has 0 saturated carbocycles. The van der Waals surface area contributed by atoms with E-state index in [4.69, 9.17) is 4.74 Å². The molecule has 0 radical (unpaired) electrons. The van der Waals surface area contributed by atoms with Crippen molar-refractivity contribution in [2.75, 3.05) is 0 Å². The largest absolute Gasteiger partial charge is 0.458 e. The minimum absolute atomic E-state index is 0.00102. The van der Waals surface area contributed by atoms with Gasteiger partial charge in [-0.3, -0.25) is 4.79 Å². The number of cyclic esters (lactones) is 1. The summed E-state index contributed by atoms with van der Waals surface area (Å²) in [6.07, 6.45) is 2.92. The van der Waals surface area contributed by atoms with Crippen molar-refractivity contribution >= 4 is 5.97 Å². The fraction of sp³-hybridized carbons (Fsp3) is 0.667. The van der Waals surface area contributed by atoms with Crippen molar-refractivity contribution in [1.29, 1.82) is 0 Å². The molecule has 1 fully saturated rings. The average Bonchev–Trinajstić information content (AvgIpc) is 2.00. The van der Waals surface area contributed by atoms with Crippen LogP contribution in [0.2, 0.25) is 0 Å². The first-order valence-corrected chi connectivity index (χ1v) is 4.15. The molecule has 1 N–H and O–H groups in total. The smallest absolute Gasteiger partial charge is 0.309 e. The number of carbonyl (C=O) groups is 1. The van der Waals surface area contributed by atoms with E-state index in [9.17, 15) is 9.90 Å². The van der Waals surface area contributed by atoms with Crippen LogP contribution in [-0.4, -0.2) is 23.3 Å².